The van der Waals surface area contributed by atoms with Crippen LogP contribution in [-0.4, -0.2) is 36.1 Å². The second kappa shape index (κ2) is 6.58. The largest absolute Gasteiger partial charge is 0.310 e. The van der Waals surface area contributed by atoms with E-state index >= 15 is 0 Å². The summed E-state index contributed by atoms with van der Waals surface area (Å²) < 4.78 is 0. The average Bonchev–Trinajstić information content (AvgIpc) is 2.37. The molecule has 0 radical (unpaired) electrons. The lowest BCUT2D eigenvalue weighted by atomic mass is 9.79. The maximum absolute atomic E-state index is 3.83. The predicted octanol–water partition coefficient (Wildman–Crippen LogP) is 3.91. The van der Waals surface area contributed by atoms with Crippen molar-refractivity contribution in [1.29, 1.82) is 0 Å². The second-order valence-corrected chi connectivity index (χ2v) is 7.65. The van der Waals surface area contributed by atoms with E-state index < -0.39 is 0 Å². The summed E-state index contributed by atoms with van der Waals surface area (Å²) >= 11 is 0. The quantitative estimate of drug-likeness (QED) is 0.813. The van der Waals surface area contributed by atoms with Gasteiger partial charge in [-0.3, -0.25) is 4.90 Å². The number of rotatable bonds is 5. The fourth-order valence-electron chi connectivity index (χ4n) is 3.20. The van der Waals surface area contributed by atoms with Crippen LogP contribution < -0.4 is 5.32 Å². The van der Waals surface area contributed by atoms with Crippen LogP contribution in [0.4, 0.5) is 0 Å². The van der Waals surface area contributed by atoms with Gasteiger partial charge in [-0.2, -0.15) is 0 Å². The Kier molecular flexibility index (Phi) is 5.88. The smallest absolute Gasteiger partial charge is 0.0329 e. The van der Waals surface area contributed by atoms with Crippen LogP contribution in [-0.2, 0) is 0 Å². The fraction of sp³-hybridized carbons (Fsp3) is 1.00. The van der Waals surface area contributed by atoms with Crippen LogP contribution in [0.2, 0.25) is 0 Å². The van der Waals surface area contributed by atoms with E-state index in [1.54, 1.807) is 0 Å². The lowest BCUT2D eigenvalue weighted by molar-refractivity contribution is -0.00168. The maximum Gasteiger partial charge on any atom is 0.0329 e. The average molecular weight is 268 g/mol. The molecule has 1 aliphatic rings. The summed E-state index contributed by atoms with van der Waals surface area (Å²) in [4.78, 5) is 2.80. The number of piperazine rings is 1. The Balaban J connectivity index is 2.86. The second-order valence-electron chi connectivity index (χ2n) is 7.65. The van der Waals surface area contributed by atoms with Crippen LogP contribution >= 0.6 is 0 Å². The monoisotopic (exact) mass is 268 g/mol. The molecule has 0 amide bonds. The minimum Gasteiger partial charge on any atom is -0.310 e. The first-order valence-corrected chi connectivity index (χ1v) is 8.27. The number of nitrogens with one attached hydrogen (secondary N) is 1. The van der Waals surface area contributed by atoms with Gasteiger partial charge in [-0.05, 0) is 24.2 Å². The van der Waals surface area contributed by atoms with E-state index in [0.29, 0.717) is 17.0 Å². The molecule has 1 N–H and O–H groups in total. The zero-order chi connectivity index (χ0) is 14.7. The standard InChI is InChI=1S/C17H36N2/c1-8-14(4)11-19-12-15(16(5,6)7)18-13-17(19,9-2)10-3/h14-15,18H,8-13H2,1-7H3. The van der Waals surface area contributed by atoms with Gasteiger partial charge in [-0.25, -0.2) is 0 Å². The normalized spacial score (nSPS) is 26.4. The summed E-state index contributed by atoms with van der Waals surface area (Å²) in [6.07, 6.45) is 3.79. The van der Waals surface area contributed by atoms with Gasteiger partial charge in [-0.15, -0.1) is 0 Å². The van der Waals surface area contributed by atoms with Gasteiger partial charge in [0.2, 0.25) is 0 Å². The van der Waals surface area contributed by atoms with Crippen molar-refractivity contribution < 1.29 is 0 Å². The highest BCUT2D eigenvalue weighted by Gasteiger charge is 2.41. The fourth-order valence-corrected chi connectivity index (χ4v) is 3.20. The minimum atomic E-state index is 0.349. The molecular weight excluding hydrogens is 232 g/mol. The van der Waals surface area contributed by atoms with Gasteiger partial charge < -0.3 is 5.32 Å². The Morgan fingerprint density at radius 2 is 1.79 bits per heavy atom. The third-order valence-corrected chi connectivity index (χ3v) is 5.34. The zero-order valence-electron chi connectivity index (χ0n) is 14.3. The summed E-state index contributed by atoms with van der Waals surface area (Å²) in [6, 6.07) is 0.614. The molecule has 2 atom stereocenters. The first kappa shape index (κ1) is 17.0. The molecule has 0 saturated carbocycles. The molecule has 0 aromatic heterocycles. The maximum atomic E-state index is 3.83. The van der Waals surface area contributed by atoms with E-state index in [9.17, 15) is 0 Å². The zero-order valence-corrected chi connectivity index (χ0v) is 14.3. The summed E-state index contributed by atoms with van der Waals surface area (Å²) in [7, 11) is 0. The van der Waals surface area contributed by atoms with Crippen molar-refractivity contribution >= 4 is 0 Å². The van der Waals surface area contributed by atoms with Gasteiger partial charge in [-0.1, -0.05) is 54.9 Å². The third-order valence-electron chi connectivity index (χ3n) is 5.34. The molecule has 1 fully saturated rings. The van der Waals surface area contributed by atoms with E-state index in [2.05, 4.69) is 58.7 Å². The van der Waals surface area contributed by atoms with Gasteiger partial charge in [0, 0.05) is 31.2 Å². The van der Waals surface area contributed by atoms with Crippen molar-refractivity contribution in [3.05, 3.63) is 0 Å². The van der Waals surface area contributed by atoms with Gasteiger partial charge in [0.05, 0.1) is 0 Å². The highest BCUT2D eigenvalue weighted by atomic mass is 15.3. The van der Waals surface area contributed by atoms with Crippen molar-refractivity contribution in [1.82, 2.24) is 10.2 Å². The van der Waals surface area contributed by atoms with Crippen LogP contribution in [0, 0.1) is 11.3 Å². The van der Waals surface area contributed by atoms with Crippen LogP contribution in [0.1, 0.15) is 67.7 Å². The first-order valence-electron chi connectivity index (χ1n) is 8.27. The van der Waals surface area contributed by atoms with Crippen LogP contribution in [0.25, 0.3) is 0 Å². The lowest BCUT2D eigenvalue weighted by Gasteiger charge is -2.53. The van der Waals surface area contributed by atoms with E-state index in [0.717, 1.165) is 12.5 Å². The van der Waals surface area contributed by atoms with Crippen LogP contribution in [0.5, 0.6) is 0 Å². The molecule has 0 bridgehead atoms. The van der Waals surface area contributed by atoms with Gasteiger partial charge in [0.25, 0.3) is 0 Å². The summed E-state index contributed by atoms with van der Waals surface area (Å²) in [5, 5.41) is 3.83. The summed E-state index contributed by atoms with van der Waals surface area (Å²) in [5.41, 5.74) is 0.729. The van der Waals surface area contributed by atoms with E-state index in [-0.39, 0.29) is 0 Å². The van der Waals surface area contributed by atoms with Crippen molar-refractivity contribution in [2.45, 2.75) is 79.3 Å². The molecule has 1 aliphatic heterocycles. The number of hydrogen-bond donors (Lipinski definition) is 1. The number of hydrogen-bond acceptors (Lipinski definition) is 2. The predicted molar refractivity (Wildman–Crippen MR) is 85.6 cm³/mol. The third kappa shape index (κ3) is 3.95. The molecule has 2 heteroatoms. The Labute approximate surface area is 121 Å². The summed E-state index contributed by atoms with van der Waals surface area (Å²) in [5.74, 6) is 0.802. The molecule has 0 aliphatic carbocycles. The van der Waals surface area contributed by atoms with Crippen molar-refractivity contribution in [3.8, 4) is 0 Å². The Morgan fingerprint density at radius 3 is 2.21 bits per heavy atom. The molecule has 1 rings (SSSR count). The lowest BCUT2D eigenvalue weighted by Crippen LogP contribution is -2.67. The molecule has 2 unspecified atom stereocenters. The summed E-state index contributed by atoms with van der Waals surface area (Å²) in [6.45, 7) is 20.1. The van der Waals surface area contributed by atoms with E-state index in [4.69, 9.17) is 0 Å². The minimum absolute atomic E-state index is 0.349. The first-order chi connectivity index (χ1) is 8.79. The van der Waals surface area contributed by atoms with Crippen LogP contribution in [0.15, 0.2) is 0 Å². The van der Waals surface area contributed by atoms with Crippen molar-refractivity contribution in [3.63, 3.8) is 0 Å². The molecule has 2 nitrogen and oxygen atoms in total. The Hall–Kier alpha value is -0.0800. The van der Waals surface area contributed by atoms with Crippen LogP contribution in [0.3, 0.4) is 0 Å². The van der Waals surface area contributed by atoms with Gasteiger partial charge >= 0.3 is 0 Å². The molecule has 19 heavy (non-hydrogen) atoms. The molecule has 114 valence electrons. The van der Waals surface area contributed by atoms with Gasteiger partial charge in [0.1, 0.15) is 0 Å². The van der Waals surface area contributed by atoms with Crippen molar-refractivity contribution in [2.75, 3.05) is 19.6 Å². The molecule has 1 heterocycles. The molecule has 0 spiro atoms. The highest BCUT2D eigenvalue weighted by molar-refractivity contribution is 5.00. The Morgan fingerprint density at radius 1 is 1.21 bits per heavy atom. The molecule has 0 aromatic carbocycles. The van der Waals surface area contributed by atoms with E-state index in [1.165, 1.54) is 32.4 Å². The SMILES string of the molecule is CCC(C)CN1CC(C(C)(C)C)NCC1(CC)CC. The molecular formula is C17H36N2. The molecule has 1 saturated heterocycles. The van der Waals surface area contributed by atoms with E-state index in [1.807, 2.05) is 0 Å². The van der Waals surface area contributed by atoms with Gasteiger partial charge in [0.15, 0.2) is 0 Å². The van der Waals surface area contributed by atoms with Crippen molar-refractivity contribution in [2.24, 2.45) is 11.3 Å². The Bertz CT molecular complexity index is 263. The highest BCUT2D eigenvalue weighted by Crippen LogP contribution is 2.32. The molecule has 0 aromatic rings. The number of nitrogens with zero attached hydrogens (tertiary/aromatic N) is 1. The topological polar surface area (TPSA) is 15.3 Å².